The first kappa shape index (κ1) is 20.7. The van der Waals surface area contributed by atoms with E-state index in [-0.39, 0.29) is 24.8 Å². The molecule has 1 aliphatic rings. The van der Waals surface area contributed by atoms with Crippen LogP contribution >= 0.6 is 24.8 Å². The van der Waals surface area contributed by atoms with Gasteiger partial charge in [0.25, 0.3) is 0 Å². The van der Waals surface area contributed by atoms with E-state index in [2.05, 4.69) is 35.4 Å². The number of halogens is 2. The van der Waals surface area contributed by atoms with Crippen LogP contribution in [0.1, 0.15) is 24.6 Å². The number of aromatic nitrogens is 2. The highest BCUT2D eigenvalue weighted by Gasteiger charge is 2.09. The summed E-state index contributed by atoms with van der Waals surface area (Å²) >= 11 is 0. The SMILES string of the molecule is CCn1cc(CNCCCN2CCOCC2)c(C)n1.Cl.Cl. The summed E-state index contributed by atoms with van der Waals surface area (Å²) in [4.78, 5) is 2.48. The lowest BCUT2D eigenvalue weighted by Gasteiger charge is -2.26. The third-order valence-corrected chi connectivity index (χ3v) is 3.62. The van der Waals surface area contributed by atoms with Crippen LogP contribution in [-0.2, 0) is 17.8 Å². The second kappa shape index (κ2) is 11.3. The Morgan fingerprint density at radius 3 is 2.62 bits per heavy atom. The monoisotopic (exact) mass is 338 g/mol. The Balaban J connectivity index is 0.00000200. The van der Waals surface area contributed by atoms with E-state index < -0.39 is 0 Å². The highest BCUT2D eigenvalue weighted by Crippen LogP contribution is 2.05. The largest absolute Gasteiger partial charge is 0.379 e. The number of rotatable bonds is 7. The zero-order valence-corrected chi connectivity index (χ0v) is 14.6. The highest BCUT2D eigenvalue weighted by molar-refractivity contribution is 5.85. The van der Waals surface area contributed by atoms with Crippen LogP contribution in [0.25, 0.3) is 0 Å². The maximum Gasteiger partial charge on any atom is 0.0638 e. The summed E-state index contributed by atoms with van der Waals surface area (Å²) in [5, 5.41) is 7.96. The van der Waals surface area contributed by atoms with Gasteiger partial charge in [-0.1, -0.05) is 0 Å². The van der Waals surface area contributed by atoms with Gasteiger partial charge in [0.2, 0.25) is 0 Å². The molecule has 1 saturated heterocycles. The van der Waals surface area contributed by atoms with E-state index in [4.69, 9.17) is 4.74 Å². The zero-order valence-electron chi connectivity index (χ0n) is 13.0. The Morgan fingerprint density at radius 2 is 2.00 bits per heavy atom. The Morgan fingerprint density at radius 1 is 1.29 bits per heavy atom. The van der Waals surface area contributed by atoms with Gasteiger partial charge in [0.1, 0.15) is 0 Å². The Bertz CT molecular complexity index is 381. The second-order valence-electron chi connectivity index (χ2n) is 5.08. The van der Waals surface area contributed by atoms with Crippen LogP contribution in [0.3, 0.4) is 0 Å². The van der Waals surface area contributed by atoms with Crippen molar-refractivity contribution >= 4 is 24.8 Å². The van der Waals surface area contributed by atoms with Crippen LogP contribution in [0.4, 0.5) is 0 Å². The highest BCUT2D eigenvalue weighted by atomic mass is 35.5. The Kier molecular flexibility index (Phi) is 11.1. The van der Waals surface area contributed by atoms with Crippen molar-refractivity contribution < 1.29 is 4.74 Å². The summed E-state index contributed by atoms with van der Waals surface area (Å²) in [7, 11) is 0. The minimum atomic E-state index is 0. The molecule has 5 nitrogen and oxygen atoms in total. The van der Waals surface area contributed by atoms with Gasteiger partial charge in [-0.3, -0.25) is 9.58 Å². The molecule has 7 heteroatoms. The fourth-order valence-corrected chi connectivity index (χ4v) is 2.37. The first-order valence-corrected chi connectivity index (χ1v) is 7.33. The average molecular weight is 339 g/mol. The van der Waals surface area contributed by atoms with Gasteiger partial charge in [0.05, 0.1) is 18.9 Å². The quantitative estimate of drug-likeness (QED) is 0.770. The van der Waals surface area contributed by atoms with Gasteiger partial charge in [-0.05, 0) is 33.4 Å². The molecule has 0 amide bonds. The number of hydrogen-bond acceptors (Lipinski definition) is 4. The molecule has 1 fully saturated rings. The third kappa shape index (κ3) is 6.98. The first-order chi connectivity index (χ1) is 9.29. The van der Waals surface area contributed by atoms with E-state index in [9.17, 15) is 0 Å². The normalized spacial score (nSPS) is 15.3. The van der Waals surface area contributed by atoms with Crippen LogP contribution < -0.4 is 5.32 Å². The number of aryl methyl sites for hydroxylation is 2. The van der Waals surface area contributed by atoms with Crippen molar-refractivity contribution in [1.82, 2.24) is 20.0 Å². The van der Waals surface area contributed by atoms with Gasteiger partial charge in [-0.2, -0.15) is 5.10 Å². The lowest BCUT2D eigenvalue weighted by Crippen LogP contribution is -2.37. The molecule has 1 aromatic rings. The average Bonchev–Trinajstić information content (AvgIpc) is 2.80. The van der Waals surface area contributed by atoms with Crippen molar-refractivity contribution in [2.24, 2.45) is 0 Å². The van der Waals surface area contributed by atoms with Gasteiger partial charge < -0.3 is 10.1 Å². The second-order valence-corrected chi connectivity index (χ2v) is 5.08. The van der Waals surface area contributed by atoms with E-state index in [0.717, 1.165) is 51.6 Å². The van der Waals surface area contributed by atoms with E-state index in [1.54, 1.807) is 0 Å². The standard InChI is InChI=1S/C14H26N4O.2ClH/c1-3-18-12-14(13(2)16-18)11-15-5-4-6-17-7-9-19-10-8-17;;/h12,15H,3-11H2,1-2H3;2*1H. The van der Waals surface area contributed by atoms with Gasteiger partial charge >= 0.3 is 0 Å². The molecule has 2 heterocycles. The molecule has 124 valence electrons. The van der Waals surface area contributed by atoms with Crippen LogP contribution in [0, 0.1) is 6.92 Å². The van der Waals surface area contributed by atoms with Crippen molar-refractivity contribution in [2.75, 3.05) is 39.4 Å². The van der Waals surface area contributed by atoms with Crippen LogP contribution in [0.15, 0.2) is 6.20 Å². The lowest BCUT2D eigenvalue weighted by molar-refractivity contribution is 0.0374. The summed E-state index contributed by atoms with van der Waals surface area (Å²) in [5.74, 6) is 0. The van der Waals surface area contributed by atoms with Crippen LogP contribution in [-0.4, -0.2) is 54.1 Å². The minimum Gasteiger partial charge on any atom is -0.379 e. The summed E-state index contributed by atoms with van der Waals surface area (Å²) in [6.07, 6.45) is 3.34. The van der Waals surface area contributed by atoms with Crippen molar-refractivity contribution in [3.05, 3.63) is 17.5 Å². The number of nitrogens with one attached hydrogen (secondary N) is 1. The fraction of sp³-hybridized carbons (Fsp3) is 0.786. The number of nitrogens with zero attached hydrogens (tertiary/aromatic N) is 3. The van der Waals surface area contributed by atoms with Crippen LogP contribution in [0.2, 0.25) is 0 Å². The molecule has 0 aliphatic carbocycles. The predicted molar refractivity (Wildman–Crippen MR) is 90.7 cm³/mol. The predicted octanol–water partition coefficient (Wildman–Crippen LogP) is 1.87. The molecule has 0 spiro atoms. The zero-order chi connectivity index (χ0) is 13.5. The van der Waals surface area contributed by atoms with Crippen LogP contribution in [0.5, 0.6) is 0 Å². The van der Waals surface area contributed by atoms with E-state index in [1.165, 1.54) is 18.5 Å². The minimum absolute atomic E-state index is 0. The summed E-state index contributed by atoms with van der Waals surface area (Å²) in [6.45, 7) is 12.3. The lowest BCUT2D eigenvalue weighted by atomic mass is 10.2. The molecule has 0 atom stereocenters. The molecule has 1 N–H and O–H groups in total. The molecule has 21 heavy (non-hydrogen) atoms. The van der Waals surface area contributed by atoms with Crippen molar-refractivity contribution in [1.29, 1.82) is 0 Å². The fourth-order valence-electron chi connectivity index (χ4n) is 2.37. The smallest absolute Gasteiger partial charge is 0.0638 e. The molecule has 1 aliphatic heterocycles. The maximum atomic E-state index is 5.34. The Hall–Kier alpha value is -0.330. The van der Waals surface area contributed by atoms with E-state index >= 15 is 0 Å². The number of ether oxygens (including phenoxy) is 1. The van der Waals surface area contributed by atoms with Crippen molar-refractivity contribution in [3.63, 3.8) is 0 Å². The van der Waals surface area contributed by atoms with E-state index in [1.807, 2.05) is 4.68 Å². The maximum absolute atomic E-state index is 5.34. The summed E-state index contributed by atoms with van der Waals surface area (Å²) in [5.41, 5.74) is 2.45. The molecule has 0 bridgehead atoms. The number of morpholine rings is 1. The number of hydrogen-bond donors (Lipinski definition) is 1. The summed E-state index contributed by atoms with van der Waals surface area (Å²) in [6, 6.07) is 0. The van der Waals surface area contributed by atoms with Crippen molar-refractivity contribution in [2.45, 2.75) is 33.4 Å². The first-order valence-electron chi connectivity index (χ1n) is 7.33. The van der Waals surface area contributed by atoms with Gasteiger partial charge in [0, 0.05) is 37.9 Å². The molecule has 0 radical (unpaired) electrons. The molecular weight excluding hydrogens is 311 g/mol. The Labute approximate surface area is 140 Å². The molecule has 1 aromatic heterocycles. The summed E-state index contributed by atoms with van der Waals surface area (Å²) < 4.78 is 7.34. The molecule has 0 saturated carbocycles. The van der Waals surface area contributed by atoms with Gasteiger partial charge in [-0.15, -0.1) is 24.8 Å². The molecule has 2 rings (SSSR count). The molecule has 0 unspecified atom stereocenters. The molecular formula is C14H28Cl2N4O. The molecule has 0 aromatic carbocycles. The van der Waals surface area contributed by atoms with Gasteiger partial charge in [0.15, 0.2) is 0 Å². The van der Waals surface area contributed by atoms with E-state index in [0.29, 0.717) is 0 Å². The van der Waals surface area contributed by atoms with Gasteiger partial charge in [-0.25, -0.2) is 0 Å². The van der Waals surface area contributed by atoms with Crippen molar-refractivity contribution in [3.8, 4) is 0 Å². The third-order valence-electron chi connectivity index (χ3n) is 3.62. The topological polar surface area (TPSA) is 42.3 Å².